The van der Waals surface area contributed by atoms with Gasteiger partial charge in [-0.05, 0) is 52.9 Å². The Kier molecular flexibility index (Phi) is 11.9. The zero-order valence-electron chi connectivity index (χ0n) is 26.0. The maximum Gasteiger partial charge on any atom is 0.338 e. The molecule has 0 aromatic heterocycles. The smallest absolute Gasteiger partial charge is 0.338 e. The molecule has 5 nitrogen and oxygen atoms in total. The molecule has 0 heterocycles. The molecule has 0 fully saturated rings. The topological polar surface area (TPSA) is 54.0 Å². The summed E-state index contributed by atoms with van der Waals surface area (Å²) in [6.45, 7) is 13.1. The molecule has 0 aliphatic carbocycles. The number of allylic oxidation sites excluding steroid dienone is 2. The summed E-state index contributed by atoms with van der Waals surface area (Å²) in [4.78, 5) is 13.8. The first-order valence-electron chi connectivity index (χ1n) is 14.5. The van der Waals surface area contributed by atoms with Gasteiger partial charge in [0.2, 0.25) is 0 Å². The van der Waals surface area contributed by atoms with Crippen LogP contribution >= 0.6 is 0 Å². The third-order valence-electron chi connectivity index (χ3n) is 7.83. The molecule has 42 heavy (non-hydrogen) atoms. The highest BCUT2D eigenvalue weighted by Gasteiger charge is 2.53. The molecule has 0 bridgehead atoms. The van der Waals surface area contributed by atoms with E-state index in [0.717, 1.165) is 11.3 Å². The second-order valence-electron chi connectivity index (χ2n) is 11.5. The number of hydrogen-bond donors (Lipinski definition) is 0. The molecule has 3 aromatic carbocycles. The van der Waals surface area contributed by atoms with E-state index < -0.39 is 25.8 Å². The zero-order valence-corrected chi connectivity index (χ0v) is 27.0. The van der Waals surface area contributed by atoms with Gasteiger partial charge < -0.3 is 18.6 Å². The van der Waals surface area contributed by atoms with Crippen molar-refractivity contribution in [3.8, 4) is 5.75 Å². The molecule has 0 radical (unpaired) electrons. The SMILES string of the molecule is C=CCC[C@@](OCc1ccc(OC)cc1)(C(=O)OC)[C@@H](/C=C/C)CO[Si](c1ccccc1)(c1ccccc1)C(C)(C)C. The molecule has 0 unspecified atom stereocenters. The molecular formula is C36H46O5Si. The van der Waals surface area contributed by atoms with Crippen molar-refractivity contribution in [1.82, 2.24) is 0 Å². The van der Waals surface area contributed by atoms with E-state index in [0.29, 0.717) is 12.8 Å². The Bertz CT molecular complexity index is 1240. The van der Waals surface area contributed by atoms with Gasteiger partial charge in [-0.15, -0.1) is 6.58 Å². The predicted molar refractivity (Wildman–Crippen MR) is 174 cm³/mol. The lowest BCUT2D eigenvalue weighted by Gasteiger charge is -2.45. The molecule has 0 aliphatic heterocycles. The molecule has 2 atom stereocenters. The number of benzene rings is 3. The molecule has 0 spiro atoms. The standard InChI is InChI=1S/C36H46O5Si/c1-8-10-26-36(34(37)39-7,40-27-29-22-24-31(38-6)25-23-29)30(17-9-2)28-41-42(35(3,4)5,32-18-13-11-14-19-32)33-20-15-12-16-21-33/h8-9,11-25,30H,1,10,26-28H2,2-7H3/b17-9+/t30-,36-/m0/s1. The summed E-state index contributed by atoms with van der Waals surface area (Å²) in [7, 11) is 0.180. The highest BCUT2D eigenvalue weighted by Crippen LogP contribution is 2.39. The van der Waals surface area contributed by atoms with Gasteiger partial charge in [0.1, 0.15) is 5.75 Å². The number of esters is 1. The zero-order chi connectivity index (χ0) is 30.6. The van der Waals surface area contributed by atoms with Gasteiger partial charge in [-0.2, -0.15) is 0 Å². The summed E-state index contributed by atoms with van der Waals surface area (Å²) in [5, 5.41) is 2.14. The van der Waals surface area contributed by atoms with Crippen LogP contribution in [0.25, 0.3) is 0 Å². The fourth-order valence-electron chi connectivity index (χ4n) is 5.65. The van der Waals surface area contributed by atoms with Gasteiger partial charge in [0.05, 0.1) is 20.8 Å². The summed E-state index contributed by atoms with van der Waals surface area (Å²) in [6, 6.07) is 28.7. The van der Waals surface area contributed by atoms with Gasteiger partial charge in [-0.25, -0.2) is 4.79 Å². The molecule has 0 saturated heterocycles. The predicted octanol–water partition coefficient (Wildman–Crippen LogP) is 6.86. The van der Waals surface area contributed by atoms with E-state index in [2.05, 4.69) is 75.9 Å². The van der Waals surface area contributed by atoms with Crippen LogP contribution in [0.1, 0.15) is 46.1 Å². The monoisotopic (exact) mass is 586 g/mol. The van der Waals surface area contributed by atoms with Crippen LogP contribution in [-0.4, -0.2) is 40.7 Å². The van der Waals surface area contributed by atoms with Gasteiger partial charge >= 0.3 is 5.97 Å². The van der Waals surface area contributed by atoms with Crippen LogP contribution in [-0.2, 0) is 25.3 Å². The number of rotatable bonds is 15. The van der Waals surface area contributed by atoms with Crippen molar-refractivity contribution in [3.05, 3.63) is 115 Å². The number of carbonyl (C=O) groups is 1. The van der Waals surface area contributed by atoms with E-state index in [1.807, 2.05) is 61.5 Å². The fourth-order valence-corrected chi connectivity index (χ4v) is 10.2. The quantitative estimate of drug-likeness (QED) is 0.111. The number of carbonyl (C=O) groups excluding carboxylic acids is 1. The van der Waals surface area contributed by atoms with Gasteiger partial charge in [0.25, 0.3) is 8.32 Å². The number of hydrogen-bond acceptors (Lipinski definition) is 5. The minimum Gasteiger partial charge on any atom is -0.497 e. The van der Waals surface area contributed by atoms with E-state index in [1.165, 1.54) is 17.5 Å². The lowest BCUT2D eigenvalue weighted by atomic mass is 9.83. The van der Waals surface area contributed by atoms with Crippen LogP contribution in [0.4, 0.5) is 0 Å². The molecule has 0 N–H and O–H groups in total. The Hall–Kier alpha value is -3.45. The van der Waals surface area contributed by atoms with Crippen LogP contribution in [0.15, 0.2) is 110 Å². The van der Waals surface area contributed by atoms with E-state index in [1.54, 1.807) is 7.11 Å². The Morgan fingerprint density at radius 2 is 1.48 bits per heavy atom. The lowest BCUT2D eigenvalue weighted by Crippen LogP contribution is -2.67. The molecule has 0 aliphatic rings. The van der Waals surface area contributed by atoms with E-state index in [-0.39, 0.29) is 18.3 Å². The third-order valence-corrected chi connectivity index (χ3v) is 12.8. The summed E-state index contributed by atoms with van der Waals surface area (Å²) in [5.41, 5.74) is -0.365. The first-order valence-corrected chi connectivity index (χ1v) is 16.4. The second-order valence-corrected chi connectivity index (χ2v) is 15.8. The Morgan fingerprint density at radius 1 is 0.905 bits per heavy atom. The van der Waals surface area contributed by atoms with Crippen molar-refractivity contribution in [1.29, 1.82) is 0 Å². The highest BCUT2D eigenvalue weighted by molar-refractivity contribution is 6.99. The highest BCUT2D eigenvalue weighted by atomic mass is 28.4. The normalized spacial score (nSPS) is 14.2. The second kappa shape index (κ2) is 15.1. The van der Waals surface area contributed by atoms with Crippen molar-refractivity contribution in [2.75, 3.05) is 20.8 Å². The van der Waals surface area contributed by atoms with Crippen molar-refractivity contribution in [2.24, 2.45) is 5.92 Å². The van der Waals surface area contributed by atoms with Gasteiger partial charge in [0, 0.05) is 12.5 Å². The summed E-state index contributed by atoms with van der Waals surface area (Å²) >= 11 is 0. The first-order chi connectivity index (χ1) is 20.2. The summed E-state index contributed by atoms with van der Waals surface area (Å²) < 4.78 is 24.7. The van der Waals surface area contributed by atoms with Gasteiger partial charge in [-0.1, -0.05) is 112 Å². The molecule has 6 heteroatoms. The minimum absolute atomic E-state index is 0.213. The number of ether oxygens (including phenoxy) is 3. The minimum atomic E-state index is -2.87. The molecule has 3 rings (SSSR count). The van der Waals surface area contributed by atoms with Crippen LogP contribution in [0.2, 0.25) is 5.04 Å². The third kappa shape index (κ3) is 7.30. The van der Waals surface area contributed by atoms with Crippen LogP contribution in [0.5, 0.6) is 5.75 Å². The fraction of sp³-hybridized carbons (Fsp3) is 0.361. The molecular weight excluding hydrogens is 540 g/mol. The Morgan fingerprint density at radius 3 is 1.93 bits per heavy atom. The summed E-state index contributed by atoms with van der Waals surface area (Å²) in [5.74, 6) is -0.0862. The largest absolute Gasteiger partial charge is 0.497 e. The van der Waals surface area contributed by atoms with Crippen LogP contribution in [0.3, 0.4) is 0 Å². The molecule has 0 saturated carbocycles. The molecule has 3 aromatic rings. The lowest BCUT2D eigenvalue weighted by molar-refractivity contribution is -0.181. The van der Waals surface area contributed by atoms with Crippen molar-refractivity contribution in [2.45, 2.75) is 57.8 Å². The van der Waals surface area contributed by atoms with E-state index in [9.17, 15) is 4.79 Å². The Balaban J connectivity index is 2.11. The number of methoxy groups -OCH3 is 2. The molecule has 224 valence electrons. The maximum atomic E-state index is 13.8. The Labute approximate surface area is 253 Å². The average Bonchev–Trinajstić information content (AvgIpc) is 3.01. The van der Waals surface area contributed by atoms with Crippen molar-refractivity contribution < 1.29 is 23.4 Å². The van der Waals surface area contributed by atoms with Crippen molar-refractivity contribution >= 4 is 24.7 Å². The van der Waals surface area contributed by atoms with Crippen molar-refractivity contribution in [3.63, 3.8) is 0 Å². The van der Waals surface area contributed by atoms with Crippen LogP contribution in [0, 0.1) is 5.92 Å². The van der Waals surface area contributed by atoms with Crippen LogP contribution < -0.4 is 15.1 Å². The molecule has 0 amide bonds. The summed E-state index contributed by atoms with van der Waals surface area (Å²) in [6.07, 6.45) is 6.77. The first kappa shape index (κ1) is 33.1. The van der Waals surface area contributed by atoms with E-state index in [4.69, 9.17) is 18.6 Å². The van der Waals surface area contributed by atoms with E-state index >= 15 is 0 Å². The average molecular weight is 587 g/mol. The maximum absolute atomic E-state index is 13.8. The van der Waals surface area contributed by atoms with Gasteiger partial charge in [-0.3, -0.25) is 0 Å². The van der Waals surface area contributed by atoms with Gasteiger partial charge in [0.15, 0.2) is 5.60 Å².